The van der Waals surface area contributed by atoms with Crippen molar-refractivity contribution in [3.63, 3.8) is 0 Å². The Kier molecular flexibility index (Phi) is 5.92. The zero-order valence-corrected chi connectivity index (χ0v) is 18.0. The first-order valence-electron chi connectivity index (χ1n) is 10.2. The van der Waals surface area contributed by atoms with Gasteiger partial charge in [0.05, 0.1) is 4.92 Å². The van der Waals surface area contributed by atoms with Gasteiger partial charge in [0.15, 0.2) is 5.54 Å². The summed E-state index contributed by atoms with van der Waals surface area (Å²) in [5.74, 6) is -1.09. The van der Waals surface area contributed by atoms with Gasteiger partial charge in [0.2, 0.25) is 0 Å². The van der Waals surface area contributed by atoms with Gasteiger partial charge in [-0.2, -0.15) is 0 Å². The van der Waals surface area contributed by atoms with Gasteiger partial charge in [-0.3, -0.25) is 19.9 Å². The molecule has 9 heteroatoms. The van der Waals surface area contributed by atoms with Gasteiger partial charge in [-0.05, 0) is 48.2 Å². The number of nitrogens with zero attached hydrogens (tertiary/aromatic N) is 2. The molecular formula is C25H19N3O6. The second kappa shape index (κ2) is 8.99. The highest BCUT2D eigenvalue weighted by Crippen LogP contribution is 2.28. The van der Waals surface area contributed by atoms with Crippen LogP contribution in [0.2, 0.25) is 0 Å². The van der Waals surface area contributed by atoms with Crippen LogP contribution in [-0.2, 0) is 10.3 Å². The third kappa shape index (κ3) is 4.53. The van der Waals surface area contributed by atoms with E-state index < -0.39 is 22.3 Å². The number of non-ortho nitro benzene ring substituents is 1. The SMILES string of the molecule is C[C@@](NC(=O)c1cc2ccccc2cn1)(C(=O)O)c1ccc(Oc2ccc([N+](=O)[O-])cc2)cc1. The summed E-state index contributed by atoms with van der Waals surface area (Å²) in [6.07, 6.45) is 1.56. The first kappa shape index (κ1) is 22.4. The highest BCUT2D eigenvalue weighted by atomic mass is 16.6. The number of hydrogen-bond acceptors (Lipinski definition) is 6. The average Bonchev–Trinajstić information content (AvgIpc) is 2.84. The van der Waals surface area contributed by atoms with E-state index in [4.69, 9.17) is 4.74 Å². The van der Waals surface area contributed by atoms with Gasteiger partial charge < -0.3 is 15.2 Å². The molecule has 170 valence electrons. The third-order valence-electron chi connectivity index (χ3n) is 5.37. The lowest BCUT2D eigenvalue weighted by atomic mass is 9.91. The number of nitrogens with one attached hydrogen (secondary N) is 1. The largest absolute Gasteiger partial charge is 0.479 e. The van der Waals surface area contributed by atoms with Gasteiger partial charge in [-0.1, -0.05) is 36.4 Å². The van der Waals surface area contributed by atoms with Crippen LogP contribution < -0.4 is 10.1 Å². The number of fused-ring (bicyclic) bond motifs is 1. The fourth-order valence-corrected chi connectivity index (χ4v) is 3.38. The number of aliphatic carboxylic acids is 1. The molecule has 1 aromatic heterocycles. The minimum absolute atomic E-state index is 0.0587. The van der Waals surface area contributed by atoms with Crippen LogP contribution in [0.25, 0.3) is 10.8 Å². The Balaban J connectivity index is 1.53. The number of ether oxygens (including phenoxy) is 1. The van der Waals surface area contributed by atoms with Crippen molar-refractivity contribution in [3.05, 3.63) is 106 Å². The number of nitro groups is 1. The van der Waals surface area contributed by atoms with Gasteiger partial charge in [0.1, 0.15) is 17.2 Å². The summed E-state index contributed by atoms with van der Waals surface area (Å²) in [6.45, 7) is 1.39. The molecule has 3 aromatic carbocycles. The molecule has 0 radical (unpaired) electrons. The lowest BCUT2D eigenvalue weighted by Gasteiger charge is -2.27. The quantitative estimate of drug-likeness (QED) is 0.305. The minimum atomic E-state index is -1.73. The third-order valence-corrected chi connectivity index (χ3v) is 5.37. The summed E-state index contributed by atoms with van der Waals surface area (Å²) in [4.78, 5) is 39.4. The van der Waals surface area contributed by atoms with E-state index in [9.17, 15) is 24.8 Å². The molecule has 0 bridgehead atoms. The van der Waals surface area contributed by atoms with Gasteiger partial charge in [-0.25, -0.2) is 4.79 Å². The number of carbonyl (C=O) groups excluding carboxylic acids is 1. The molecule has 0 saturated heterocycles. The minimum Gasteiger partial charge on any atom is -0.479 e. The maximum atomic E-state index is 12.9. The lowest BCUT2D eigenvalue weighted by molar-refractivity contribution is -0.384. The van der Waals surface area contributed by atoms with Crippen molar-refractivity contribution >= 4 is 28.3 Å². The first-order valence-corrected chi connectivity index (χ1v) is 10.2. The predicted molar refractivity (Wildman–Crippen MR) is 124 cm³/mol. The molecule has 0 aliphatic heterocycles. The summed E-state index contributed by atoms with van der Waals surface area (Å²) in [5.41, 5.74) is -1.36. The van der Waals surface area contributed by atoms with Gasteiger partial charge in [0.25, 0.3) is 11.6 Å². The molecule has 0 fully saturated rings. The predicted octanol–water partition coefficient (Wildman–Crippen LogP) is 4.67. The summed E-state index contributed by atoms with van der Waals surface area (Å²) in [7, 11) is 0. The molecule has 0 saturated carbocycles. The topological polar surface area (TPSA) is 132 Å². The molecule has 34 heavy (non-hydrogen) atoms. The number of amides is 1. The van der Waals surface area contributed by atoms with E-state index in [1.807, 2.05) is 24.3 Å². The van der Waals surface area contributed by atoms with E-state index in [-0.39, 0.29) is 11.4 Å². The molecule has 0 aliphatic carbocycles. The summed E-state index contributed by atoms with van der Waals surface area (Å²) in [5, 5.41) is 24.9. The fourth-order valence-electron chi connectivity index (χ4n) is 3.38. The van der Waals surface area contributed by atoms with E-state index in [1.54, 1.807) is 24.4 Å². The van der Waals surface area contributed by atoms with Gasteiger partial charge >= 0.3 is 5.97 Å². The molecule has 1 amide bonds. The van der Waals surface area contributed by atoms with Crippen molar-refractivity contribution in [3.8, 4) is 11.5 Å². The van der Waals surface area contributed by atoms with Crippen molar-refractivity contribution in [2.45, 2.75) is 12.5 Å². The monoisotopic (exact) mass is 457 g/mol. The summed E-state index contributed by atoms with van der Waals surface area (Å²) in [6, 6.07) is 20.7. The number of carboxylic acid groups (broad SMARTS) is 1. The molecule has 0 aliphatic rings. The normalized spacial score (nSPS) is 12.5. The number of pyridine rings is 1. The molecule has 4 rings (SSSR count). The molecule has 9 nitrogen and oxygen atoms in total. The van der Waals surface area contributed by atoms with Crippen molar-refractivity contribution in [2.75, 3.05) is 0 Å². The van der Waals surface area contributed by atoms with Crippen LogP contribution in [0.1, 0.15) is 23.0 Å². The summed E-state index contributed by atoms with van der Waals surface area (Å²) >= 11 is 0. The van der Waals surface area contributed by atoms with E-state index in [0.717, 1.165) is 10.8 Å². The average molecular weight is 457 g/mol. The van der Waals surface area contributed by atoms with Crippen LogP contribution in [0.15, 0.2) is 85.1 Å². The summed E-state index contributed by atoms with van der Waals surface area (Å²) < 4.78 is 5.67. The van der Waals surface area contributed by atoms with Crippen molar-refractivity contribution in [1.82, 2.24) is 10.3 Å². The number of aromatic nitrogens is 1. The number of hydrogen-bond donors (Lipinski definition) is 2. The Morgan fingerprint density at radius 3 is 2.15 bits per heavy atom. The molecule has 0 spiro atoms. The Bertz CT molecular complexity index is 1390. The van der Waals surface area contributed by atoms with E-state index in [1.165, 1.54) is 43.3 Å². The first-order chi connectivity index (χ1) is 16.3. The molecule has 4 aromatic rings. The Labute approximate surface area is 193 Å². The number of nitro benzene ring substituents is 1. The highest BCUT2D eigenvalue weighted by molar-refractivity contribution is 5.99. The standard InChI is InChI=1S/C25H19N3O6/c1-25(24(30)31,27-23(29)22-14-16-4-2-3-5-17(16)15-26-22)18-6-10-20(11-7-18)34-21-12-8-19(9-13-21)28(32)33/h2-15H,1H3,(H,27,29)(H,30,31)/t25-/m0/s1. The van der Waals surface area contributed by atoms with Crippen LogP contribution in [-0.4, -0.2) is 26.9 Å². The second-order valence-electron chi connectivity index (χ2n) is 7.68. The maximum absolute atomic E-state index is 12.9. The van der Waals surface area contributed by atoms with Gasteiger partial charge in [-0.15, -0.1) is 0 Å². The molecular weight excluding hydrogens is 438 g/mol. The van der Waals surface area contributed by atoms with Crippen molar-refractivity contribution < 1.29 is 24.4 Å². The fraction of sp³-hybridized carbons (Fsp3) is 0.0800. The number of benzene rings is 3. The van der Waals surface area contributed by atoms with Crippen LogP contribution in [0.3, 0.4) is 0 Å². The van der Waals surface area contributed by atoms with E-state index in [2.05, 4.69) is 10.3 Å². The number of rotatable bonds is 7. The number of carboxylic acids is 1. The van der Waals surface area contributed by atoms with Gasteiger partial charge in [0, 0.05) is 23.7 Å². The molecule has 1 atom stereocenters. The molecule has 1 heterocycles. The van der Waals surface area contributed by atoms with Crippen LogP contribution in [0.5, 0.6) is 11.5 Å². The van der Waals surface area contributed by atoms with Crippen LogP contribution in [0, 0.1) is 10.1 Å². The second-order valence-corrected chi connectivity index (χ2v) is 7.68. The van der Waals surface area contributed by atoms with Crippen molar-refractivity contribution in [2.24, 2.45) is 0 Å². The van der Waals surface area contributed by atoms with Crippen LogP contribution >= 0.6 is 0 Å². The lowest BCUT2D eigenvalue weighted by Crippen LogP contribution is -2.49. The number of carbonyl (C=O) groups is 2. The maximum Gasteiger partial charge on any atom is 0.333 e. The Morgan fingerprint density at radius 1 is 0.971 bits per heavy atom. The smallest absolute Gasteiger partial charge is 0.333 e. The Morgan fingerprint density at radius 2 is 1.56 bits per heavy atom. The van der Waals surface area contributed by atoms with E-state index >= 15 is 0 Å². The highest BCUT2D eigenvalue weighted by Gasteiger charge is 2.37. The zero-order valence-electron chi connectivity index (χ0n) is 18.0. The van der Waals surface area contributed by atoms with Crippen LogP contribution in [0.4, 0.5) is 5.69 Å². The zero-order chi connectivity index (χ0) is 24.3. The van der Waals surface area contributed by atoms with Crippen molar-refractivity contribution in [1.29, 1.82) is 0 Å². The molecule has 0 unspecified atom stereocenters. The van der Waals surface area contributed by atoms with E-state index in [0.29, 0.717) is 17.1 Å². The Hall–Kier alpha value is -4.79. The molecule has 2 N–H and O–H groups in total.